The van der Waals surface area contributed by atoms with Gasteiger partial charge in [-0.05, 0) is 25.8 Å². The zero-order chi connectivity index (χ0) is 14.9. The number of aliphatic hydroxyl groups is 1. The lowest BCUT2D eigenvalue weighted by molar-refractivity contribution is 0.0379. The number of aliphatic hydroxyl groups excluding tert-OH is 1. The number of aromatic nitrogens is 2. The van der Waals surface area contributed by atoms with Crippen molar-refractivity contribution in [2.24, 2.45) is 5.84 Å². The fraction of sp³-hybridized carbons (Fsp3) is 0.538. The van der Waals surface area contributed by atoms with Crippen LogP contribution in [0.2, 0.25) is 0 Å². The highest BCUT2D eigenvalue weighted by atomic mass is 32.1. The van der Waals surface area contributed by atoms with Gasteiger partial charge in [-0.25, -0.2) is 10.8 Å². The summed E-state index contributed by atoms with van der Waals surface area (Å²) in [5, 5.41) is 14.2. The van der Waals surface area contributed by atoms with E-state index >= 15 is 0 Å². The first-order valence-electron chi connectivity index (χ1n) is 6.87. The lowest BCUT2D eigenvalue weighted by atomic mass is 9.91. The smallest absolute Gasteiger partial charge is 0.240 e. The van der Waals surface area contributed by atoms with Crippen LogP contribution in [0.15, 0.2) is 6.07 Å². The van der Waals surface area contributed by atoms with Crippen molar-refractivity contribution in [3.8, 4) is 0 Å². The van der Waals surface area contributed by atoms with Crippen molar-refractivity contribution in [1.82, 2.24) is 9.97 Å². The molecule has 3 heterocycles. The molecule has 1 aliphatic rings. The molecular formula is C13H19N5O2S. The minimum atomic E-state index is -0.402. The molecule has 8 heteroatoms. The summed E-state index contributed by atoms with van der Waals surface area (Å²) < 4.78 is 5.39. The second kappa shape index (κ2) is 5.72. The van der Waals surface area contributed by atoms with Gasteiger partial charge >= 0.3 is 0 Å². The van der Waals surface area contributed by atoms with Crippen LogP contribution in [-0.4, -0.2) is 40.4 Å². The quantitative estimate of drug-likeness (QED) is 0.497. The van der Waals surface area contributed by atoms with Gasteiger partial charge in [0, 0.05) is 18.1 Å². The van der Waals surface area contributed by atoms with Gasteiger partial charge in [0.1, 0.15) is 10.6 Å². The highest BCUT2D eigenvalue weighted by Crippen LogP contribution is 2.33. The molecule has 0 bridgehead atoms. The zero-order valence-electron chi connectivity index (χ0n) is 11.8. The Hall–Kier alpha value is -1.48. The Morgan fingerprint density at radius 1 is 1.43 bits per heavy atom. The van der Waals surface area contributed by atoms with Gasteiger partial charge in [0.15, 0.2) is 0 Å². The number of hydrogen-bond donors (Lipinski definition) is 4. The Bertz CT molecular complexity index is 639. The fourth-order valence-electron chi connectivity index (χ4n) is 2.54. The molecule has 1 aliphatic heterocycles. The number of aryl methyl sites for hydroxylation is 1. The van der Waals surface area contributed by atoms with Crippen molar-refractivity contribution in [2.45, 2.75) is 25.3 Å². The molecule has 0 atom stereocenters. The molecule has 5 N–H and O–H groups in total. The molecule has 0 amide bonds. The van der Waals surface area contributed by atoms with Gasteiger partial charge in [0.05, 0.1) is 17.5 Å². The van der Waals surface area contributed by atoms with Gasteiger partial charge in [-0.3, -0.25) is 5.43 Å². The summed E-state index contributed by atoms with van der Waals surface area (Å²) in [6.07, 6.45) is 1.48. The van der Waals surface area contributed by atoms with Gasteiger partial charge in [0.2, 0.25) is 5.95 Å². The van der Waals surface area contributed by atoms with Gasteiger partial charge in [-0.1, -0.05) is 0 Å². The van der Waals surface area contributed by atoms with E-state index in [1.807, 2.05) is 13.0 Å². The van der Waals surface area contributed by atoms with Crippen LogP contribution in [-0.2, 0) is 4.74 Å². The normalized spacial score (nSPS) is 17.9. The van der Waals surface area contributed by atoms with Crippen LogP contribution >= 0.6 is 11.3 Å². The summed E-state index contributed by atoms with van der Waals surface area (Å²) >= 11 is 1.59. The number of thiophene rings is 1. The maximum Gasteiger partial charge on any atom is 0.240 e. The molecule has 1 fully saturated rings. The average molecular weight is 309 g/mol. The predicted octanol–water partition coefficient (Wildman–Crippen LogP) is 1.24. The highest BCUT2D eigenvalue weighted by molar-refractivity contribution is 7.18. The number of ether oxygens (including phenoxy) is 1. The number of nitrogens with two attached hydrogens (primary N) is 1. The van der Waals surface area contributed by atoms with Crippen molar-refractivity contribution in [2.75, 3.05) is 30.6 Å². The zero-order valence-corrected chi connectivity index (χ0v) is 12.7. The Balaban J connectivity index is 2.01. The topological polar surface area (TPSA) is 105 Å². The number of nitrogens with one attached hydrogen (secondary N) is 2. The third-order valence-corrected chi connectivity index (χ3v) is 4.73. The van der Waals surface area contributed by atoms with E-state index in [1.165, 1.54) is 0 Å². The standard InChI is InChI=1S/C13H19N5O2S/c1-8-6-9-10(15-12(18-14)16-11(9)21-8)17-13(7-19)2-4-20-5-3-13/h6,19H,2-5,7,14H2,1H3,(H2,15,16,17,18). The molecule has 0 spiro atoms. The predicted molar refractivity (Wildman–Crippen MR) is 83.5 cm³/mol. The number of hydrazine groups is 1. The SMILES string of the molecule is Cc1cc2c(NC3(CO)CCOCC3)nc(NN)nc2s1. The number of nitrogens with zero attached hydrogens (tertiary/aromatic N) is 2. The molecule has 7 nitrogen and oxygen atoms in total. The fourth-order valence-corrected chi connectivity index (χ4v) is 3.42. The van der Waals surface area contributed by atoms with Crippen LogP contribution < -0.4 is 16.6 Å². The average Bonchev–Trinajstić information content (AvgIpc) is 2.88. The van der Waals surface area contributed by atoms with Crippen LogP contribution in [0.5, 0.6) is 0 Å². The minimum Gasteiger partial charge on any atom is -0.394 e. The molecular weight excluding hydrogens is 290 g/mol. The number of rotatable bonds is 4. The maximum atomic E-state index is 9.81. The molecule has 0 saturated carbocycles. The first-order valence-corrected chi connectivity index (χ1v) is 7.69. The summed E-state index contributed by atoms with van der Waals surface area (Å²) in [5.41, 5.74) is 2.09. The second-order valence-electron chi connectivity index (χ2n) is 5.29. The molecule has 0 aromatic carbocycles. The van der Waals surface area contributed by atoms with Crippen molar-refractivity contribution < 1.29 is 9.84 Å². The van der Waals surface area contributed by atoms with Crippen molar-refractivity contribution >= 4 is 33.3 Å². The van der Waals surface area contributed by atoms with Crippen LogP contribution in [0, 0.1) is 6.92 Å². The van der Waals surface area contributed by atoms with E-state index in [1.54, 1.807) is 11.3 Å². The lowest BCUT2D eigenvalue weighted by Crippen LogP contribution is -2.47. The maximum absolute atomic E-state index is 9.81. The van der Waals surface area contributed by atoms with E-state index in [-0.39, 0.29) is 6.61 Å². The summed E-state index contributed by atoms with van der Waals surface area (Å²) in [5.74, 6) is 6.52. The number of hydrogen-bond acceptors (Lipinski definition) is 8. The van der Waals surface area contributed by atoms with Gasteiger partial charge in [-0.15, -0.1) is 11.3 Å². The number of nitrogen functional groups attached to an aromatic ring is 1. The van der Waals surface area contributed by atoms with Crippen LogP contribution in [0.1, 0.15) is 17.7 Å². The Morgan fingerprint density at radius 2 is 2.19 bits per heavy atom. The van der Waals surface area contributed by atoms with E-state index in [2.05, 4.69) is 20.7 Å². The van der Waals surface area contributed by atoms with Crippen LogP contribution in [0.4, 0.5) is 11.8 Å². The molecule has 3 rings (SSSR count). The molecule has 0 aliphatic carbocycles. The van der Waals surface area contributed by atoms with Crippen LogP contribution in [0.25, 0.3) is 10.2 Å². The van der Waals surface area contributed by atoms with Crippen molar-refractivity contribution in [3.05, 3.63) is 10.9 Å². The van der Waals surface area contributed by atoms with Gasteiger partial charge < -0.3 is 15.2 Å². The van der Waals surface area contributed by atoms with E-state index in [9.17, 15) is 5.11 Å². The lowest BCUT2D eigenvalue weighted by Gasteiger charge is -2.36. The summed E-state index contributed by atoms with van der Waals surface area (Å²) in [6, 6.07) is 2.05. The highest BCUT2D eigenvalue weighted by Gasteiger charge is 2.33. The third kappa shape index (κ3) is 2.80. The van der Waals surface area contributed by atoms with Crippen LogP contribution in [0.3, 0.4) is 0 Å². The van der Waals surface area contributed by atoms with Crippen molar-refractivity contribution in [1.29, 1.82) is 0 Å². The Morgan fingerprint density at radius 3 is 2.86 bits per heavy atom. The molecule has 2 aromatic heterocycles. The monoisotopic (exact) mass is 309 g/mol. The summed E-state index contributed by atoms with van der Waals surface area (Å²) in [7, 11) is 0. The molecule has 2 aromatic rings. The van der Waals surface area contributed by atoms with E-state index in [0.29, 0.717) is 25.0 Å². The molecule has 114 valence electrons. The Labute approximate surface area is 126 Å². The third-order valence-electron chi connectivity index (χ3n) is 3.78. The summed E-state index contributed by atoms with van der Waals surface area (Å²) in [4.78, 5) is 10.8. The number of anilines is 2. The second-order valence-corrected chi connectivity index (χ2v) is 6.53. The largest absolute Gasteiger partial charge is 0.394 e. The molecule has 0 unspecified atom stereocenters. The Kier molecular flexibility index (Phi) is 3.94. The van der Waals surface area contributed by atoms with E-state index < -0.39 is 5.54 Å². The molecule has 1 saturated heterocycles. The van der Waals surface area contributed by atoms with E-state index in [4.69, 9.17) is 10.6 Å². The number of fused-ring (bicyclic) bond motifs is 1. The van der Waals surface area contributed by atoms with Gasteiger partial charge in [-0.2, -0.15) is 4.98 Å². The van der Waals surface area contributed by atoms with Crippen molar-refractivity contribution in [3.63, 3.8) is 0 Å². The first-order chi connectivity index (χ1) is 10.2. The summed E-state index contributed by atoms with van der Waals surface area (Å²) in [6.45, 7) is 3.33. The molecule has 21 heavy (non-hydrogen) atoms. The van der Waals surface area contributed by atoms with E-state index in [0.717, 1.165) is 27.9 Å². The molecule has 0 radical (unpaired) electrons. The van der Waals surface area contributed by atoms with Gasteiger partial charge in [0.25, 0.3) is 0 Å². The first kappa shape index (κ1) is 14.5. The minimum absolute atomic E-state index is 0.0381.